The maximum atomic E-state index is 13.0. The molecule has 1 aliphatic rings. The summed E-state index contributed by atoms with van der Waals surface area (Å²) in [6.07, 6.45) is 1.57. The molecule has 0 radical (unpaired) electrons. The molecular weight excluding hydrogens is 520 g/mol. The molecule has 1 aliphatic carbocycles. The molecular formula is C28H36N4O6S. The highest BCUT2D eigenvalue weighted by Crippen LogP contribution is 2.44. The molecule has 0 saturated heterocycles. The van der Waals surface area contributed by atoms with Gasteiger partial charge in [-0.2, -0.15) is 17.2 Å². The van der Waals surface area contributed by atoms with Gasteiger partial charge in [0.15, 0.2) is 0 Å². The van der Waals surface area contributed by atoms with E-state index in [1.54, 1.807) is 5.48 Å². The first-order valence-corrected chi connectivity index (χ1v) is 14.3. The van der Waals surface area contributed by atoms with E-state index in [1.807, 2.05) is 68.6 Å². The van der Waals surface area contributed by atoms with Gasteiger partial charge in [0, 0.05) is 5.92 Å². The summed E-state index contributed by atoms with van der Waals surface area (Å²) < 4.78 is 5.47. The maximum absolute atomic E-state index is 13.0. The number of amides is 4. The first kappa shape index (κ1) is 30.1. The molecule has 0 aromatic heterocycles. The van der Waals surface area contributed by atoms with Crippen LogP contribution in [-0.2, 0) is 19.1 Å². The molecule has 0 fully saturated rings. The summed E-state index contributed by atoms with van der Waals surface area (Å²) in [5.41, 5.74) is 6.05. The predicted octanol–water partition coefficient (Wildman–Crippen LogP) is 2.80. The summed E-state index contributed by atoms with van der Waals surface area (Å²) in [5.74, 6) is -1.34. The van der Waals surface area contributed by atoms with E-state index >= 15 is 0 Å². The number of carbonyl (C=O) groups is 4. The highest BCUT2D eigenvalue weighted by molar-refractivity contribution is 7.98. The second-order valence-electron chi connectivity index (χ2n) is 9.74. The molecule has 0 saturated carbocycles. The first-order chi connectivity index (χ1) is 18.7. The van der Waals surface area contributed by atoms with Gasteiger partial charge in [-0.15, -0.1) is 0 Å². The highest BCUT2D eigenvalue weighted by Gasteiger charge is 2.31. The van der Waals surface area contributed by atoms with Crippen molar-refractivity contribution in [1.29, 1.82) is 0 Å². The fourth-order valence-corrected chi connectivity index (χ4v) is 5.09. The smallest absolute Gasteiger partial charge is 0.413 e. The Balaban J connectivity index is 1.63. The molecule has 0 heterocycles. The quantitative estimate of drug-likeness (QED) is 0.237. The molecule has 2 atom stereocenters. The van der Waals surface area contributed by atoms with E-state index in [9.17, 15) is 19.2 Å². The van der Waals surface area contributed by atoms with E-state index in [2.05, 4.69) is 16.0 Å². The Kier molecular flexibility index (Phi) is 11.3. The Morgan fingerprint density at radius 1 is 0.923 bits per heavy atom. The van der Waals surface area contributed by atoms with Crippen molar-refractivity contribution in [2.24, 2.45) is 5.92 Å². The van der Waals surface area contributed by atoms with Gasteiger partial charge in [0.2, 0.25) is 11.8 Å². The zero-order valence-corrected chi connectivity index (χ0v) is 23.2. The summed E-state index contributed by atoms with van der Waals surface area (Å²) in [7, 11) is 0. The van der Waals surface area contributed by atoms with E-state index in [1.165, 1.54) is 11.8 Å². The third-order valence-electron chi connectivity index (χ3n) is 6.41. The fraction of sp³-hybridized carbons (Fsp3) is 0.429. The summed E-state index contributed by atoms with van der Waals surface area (Å²) in [5, 5.41) is 16.2. The van der Waals surface area contributed by atoms with Crippen LogP contribution >= 0.6 is 11.8 Å². The first-order valence-electron chi connectivity index (χ1n) is 12.9. The molecule has 2 aromatic rings. The van der Waals surface area contributed by atoms with E-state index in [4.69, 9.17) is 9.94 Å². The Morgan fingerprint density at radius 3 is 2.10 bits per heavy atom. The van der Waals surface area contributed by atoms with Crippen molar-refractivity contribution in [3.8, 4) is 11.1 Å². The Morgan fingerprint density at radius 2 is 1.54 bits per heavy atom. The lowest BCUT2D eigenvalue weighted by molar-refractivity contribution is -0.132. The number of benzene rings is 2. The summed E-state index contributed by atoms with van der Waals surface area (Å²) in [4.78, 5) is 50.6. The van der Waals surface area contributed by atoms with Gasteiger partial charge < -0.3 is 20.6 Å². The number of carbonyl (C=O) groups excluding carboxylic acids is 4. The lowest BCUT2D eigenvalue weighted by Gasteiger charge is -2.24. The van der Waals surface area contributed by atoms with E-state index in [-0.39, 0.29) is 31.4 Å². The minimum atomic E-state index is -1.01. The number of hydroxylamine groups is 1. The van der Waals surface area contributed by atoms with Crippen molar-refractivity contribution in [2.75, 3.05) is 25.2 Å². The Bertz CT molecular complexity index is 1130. The summed E-state index contributed by atoms with van der Waals surface area (Å²) >= 11 is 1.49. The number of thioether (sulfide) groups is 1. The molecule has 39 heavy (non-hydrogen) atoms. The summed E-state index contributed by atoms with van der Waals surface area (Å²) in [6, 6.07) is 14.0. The molecule has 4 amide bonds. The zero-order valence-electron chi connectivity index (χ0n) is 22.4. The van der Waals surface area contributed by atoms with Crippen molar-refractivity contribution in [3.05, 3.63) is 59.7 Å². The fourth-order valence-electron chi connectivity index (χ4n) is 4.62. The summed E-state index contributed by atoms with van der Waals surface area (Å²) in [6.45, 7) is 3.47. The molecule has 0 spiro atoms. The number of rotatable bonds is 13. The minimum absolute atomic E-state index is 0.0519. The van der Waals surface area contributed by atoms with Crippen LogP contribution in [0.15, 0.2) is 48.5 Å². The molecule has 3 rings (SSSR count). The van der Waals surface area contributed by atoms with Crippen molar-refractivity contribution in [3.63, 3.8) is 0 Å². The lowest BCUT2D eigenvalue weighted by Crippen LogP contribution is -2.55. The van der Waals surface area contributed by atoms with Crippen LogP contribution in [0.2, 0.25) is 0 Å². The highest BCUT2D eigenvalue weighted by atomic mass is 32.2. The zero-order chi connectivity index (χ0) is 28.4. The molecule has 0 bridgehead atoms. The third kappa shape index (κ3) is 8.29. The van der Waals surface area contributed by atoms with Crippen LogP contribution in [-0.4, -0.2) is 66.3 Å². The average Bonchev–Trinajstić information content (AvgIpc) is 3.22. The normalized spacial score (nSPS) is 13.7. The van der Waals surface area contributed by atoms with Crippen LogP contribution in [0.25, 0.3) is 11.1 Å². The molecule has 0 aliphatic heterocycles. The van der Waals surface area contributed by atoms with Gasteiger partial charge in [0.1, 0.15) is 18.7 Å². The van der Waals surface area contributed by atoms with E-state index in [0.29, 0.717) is 12.2 Å². The van der Waals surface area contributed by atoms with Crippen LogP contribution in [0.4, 0.5) is 4.79 Å². The van der Waals surface area contributed by atoms with Crippen molar-refractivity contribution in [1.82, 2.24) is 21.4 Å². The van der Waals surface area contributed by atoms with Crippen LogP contribution < -0.4 is 21.4 Å². The van der Waals surface area contributed by atoms with Gasteiger partial charge in [-0.05, 0) is 53.0 Å². The number of imide groups is 1. The second-order valence-corrected chi connectivity index (χ2v) is 10.7. The predicted molar refractivity (Wildman–Crippen MR) is 149 cm³/mol. The molecule has 5 N–H and O–H groups in total. The van der Waals surface area contributed by atoms with Gasteiger partial charge in [-0.3, -0.25) is 19.7 Å². The van der Waals surface area contributed by atoms with E-state index < -0.39 is 35.9 Å². The SMILES string of the molecule is CSCC[C@H](NC(=O)[C@H](CC(C)C)NC(=O)CNO)C(=O)NC(=O)OCC1c2ccccc2-c2ccccc21. The van der Waals surface area contributed by atoms with Crippen LogP contribution in [0.1, 0.15) is 43.7 Å². The molecule has 11 heteroatoms. The maximum Gasteiger partial charge on any atom is 0.413 e. The van der Waals surface area contributed by atoms with Gasteiger partial charge in [0.25, 0.3) is 5.91 Å². The van der Waals surface area contributed by atoms with Gasteiger partial charge in [-0.1, -0.05) is 62.4 Å². The van der Waals surface area contributed by atoms with Gasteiger partial charge in [0.05, 0.1) is 6.54 Å². The monoisotopic (exact) mass is 556 g/mol. The molecule has 210 valence electrons. The number of fused-ring (bicyclic) bond motifs is 3. The van der Waals surface area contributed by atoms with Crippen molar-refractivity contribution in [2.45, 2.75) is 44.7 Å². The lowest BCUT2D eigenvalue weighted by atomic mass is 9.98. The average molecular weight is 557 g/mol. The van der Waals surface area contributed by atoms with Crippen molar-refractivity contribution >= 4 is 35.6 Å². The van der Waals surface area contributed by atoms with Gasteiger partial charge >= 0.3 is 6.09 Å². The molecule has 10 nitrogen and oxygen atoms in total. The number of alkyl carbamates (subject to hydrolysis) is 1. The third-order valence-corrected chi connectivity index (χ3v) is 7.05. The minimum Gasteiger partial charge on any atom is -0.448 e. The molecule has 0 unspecified atom stereocenters. The van der Waals surface area contributed by atoms with E-state index in [0.717, 1.165) is 22.3 Å². The Hall–Kier alpha value is -3.41. The number of hydrogen-bond acceptors (Lipinski definition) is 8. The Labute approximate surface area is 232 Å². The number of nitrogens with one attached hydrogen (secondary N) is 4. The van der Waals surface area contributed by atoms with Crippen LogP contribution in [0.5, 0.6) is 0 Å². The second kappa shape index (κ2) is 14.7. The van der Waals surface area contributed by atoms with Gasteiger partial charge in [-0.25, -0.2) is 4.79 Å². The number of ether oxygens (including phenoxy) is 1. The largest absolute Gasteiger partial charge is 0.448 e. The standard InChI is InChI=1S/C28H36N4O6S/c1-17(2)14-24(30-25(33)15-29-37)27(35)31-23(12-13-39-3)26(34)32-28(36)38-16-22-20-10-6-4-8-18(20)19-9-5-7-11-21(19)22/h4-11,17,22-24,29,37H,12-16H2,1-3H3,(H,30,33)(H,31,35)(H,32,34,36)/t23-,24-/m0/s1. The van der Waals surface area contributed by atoms with Crippen molar-refractivity contribution < 1.29 is 29.1 Å². The molecule has 2 aromatic carbocycles. The van der Waals surface area contributed by atoms with Crippen LogP contribution in [0, 0.1) is 5.92 Å². The topological polar surface area (TPSA) is 146 Å². The van der Waals surface area contributed by atoms with Crippen LogP contribution in [0.3, 0.4) is 0 Å². The number of hydrogen-bond donors (Lipinski definition) is 5.